The van der Waals surface area contributed by atoms with Gasteiger partial charge >= 0.3 is 6.03 Å². The van der Waals surface area contributed by atoms with Gasteiger partial charge in [0, 0.05) is 11.4 Å². The first-order valence-electron chi connectivity index (χ1n) is 7.49. The lowest BCUT2D eigenvalue weighted by atomic mass is 10.2. The predicted octanol–water partition coefficient (Wildman–Crippen LogP) is 4.17. The molecule has 0 unspecified atom stereocenters. The number of hydrogen-bond acceptors (Lipinski definition) is 4. The molecular formula is C18H17N5O. The number of hydrogen-bond donors (Lipinski definition) is 3. The van der Waals surface area contributed by atoms with Gasteiger partial charge in [-0.2, -0.15) is 0 Å². The summed E-state index contributed by atoms with van der Waals surface area (Å²) < 4.78 is 0. The molecule has 0 aliphatic carbocycles. The molecule has 2 aromatic carbocycles. The average molecular weight is 319 g/mol. The molecule has 0 spiro atoms. The highest BCUT2D eigenvalue weighted by atomic mass is 16.2. The minimum absolute atomic E-state index is 0.366. The van der Waals surface area contributed by atoms with Crippen molar-refractivity contribution in [2.75, 3.05) is 16.0 Å². The molecule has 6 heteroatoms. The maximum Gasteiger partial charge on any atom is 0.324 e. The fourth-order valence-electron chi connectivity index (χ4n) is 2.14. The van der Waals surface area contributed by atoms with Crippen molar-refractivity contribution in [2.45, 2.75) is 6.92 Å². The second-order valence-corrected chi connectivity index (χ2v) is 5.24. The van der Waals surface area contributed by atoms with Crippen LogP contribution in [0.25, 0.3) is 0 Å². The smallest absolute Gasteiger partial charge is 0.324 e. The number of rotatable bonds is 4. The molecule has 3 rings (SSSR count). The topological polar surface area (TPSA) is 78.9 Å². The number of aryl methyl sites for hydroxylation is 1. The van der Waals surface area contributed by atoms with Crippen molar-refractivity contribution in [3.8, 4) is 0 Å². The van der Waals surface area contributed by atoms with E-state index >= 15 is 0 Å². The number of carbonyl (C=O) groups is 1. The van der Waals surface area contributed by atoms with Gasteiger partial charge in [0.1, 0.15) is 0 Å². The van der Waals surface area contributed by atoms with Gasteiger partial charge < -0.3 is 10.6 Å². The molecule has 2 amide bonds. The van der Waals surface area contributed by atoms with Gasteiger partial charge in [-0.05, 0) is 48.9 Å². The summed E-state index contributed by atoms with van der Waals surface area (Å²) in [4.78, 5) is 11.9. The first-order valence-corrected chi connectivity index (χ1v) is 7.49. The highest BCUT2D eigenvalue weighted by Gasteiger charge is 2.04. The van der Waals surface area contributed by atoms with Crippen LogP contribution in [0.1, 0.15) is 5.56 Å². The van der Waals surface area contributed by atoms with Crippen molar-refractivity contribution in [1.29, 1.82) is 0 Å². The number of carbonyl (C=O) groups excluding carboxylic acids is 1. The molecule has 1 aromatic heterocycles. The molecule has 0 atom stereocenters. The van der Waals surface area contributed by atoms with Crippen molar-refractivity contribution < 1.29 is 4.79 Å². The summed E-state index contributed by atoms with van der Waals surface area (Å²) >= 11 is 0. The molecule has 0 radical (unpaired) electrons. The zero-order valence-corrected chi connectivity index (χ0v) is 13.2. The number of anilines is 4. The molecule has 0 aliphatic rings. The summed E-state index contributed by atoms with van der Waals surface area (Å²) in [5.41, 5.74) is 2.80. The summed E-state index contributed by atoms with van der Waals surface area (Å²) in [6, 6.07) is 20.2. The van der Waals surface area contributed by atoms with Crippen LogP contribution >= 0.6 is 0 Å². The molecule has 0 saturated heterocycles. The highest BCUT2D eigenvalue weighted by Crippen LogP contribution is 2.16. The molecule has 0 saturated carbocycles. The normalized spacial score (nSPS) is 10.0. The van der Waals surface area contributed by atoms with E-state index in [1.165, 1.54) is 0 Å². The quantitative estimate of drug-likeness (QED) is 0.674. The van der Waals surface area contributed by atoms with E-state index in [0.717, 1.165) is 11.3 Å². The zero-order valence-electron chi connectivity index (χ0n) is 13.2. The van der Waals surface area contributed by atoms with Crippen molar-refractivity contribution in [3.63, 3.8) is 0 Å². The lowest BCUT2D eigenvalue weighted by molar-refractivity contribution is 0.262. The van der Waals surface area contributed by atoms with E-state index in [4.69, 9.17) is 0 Å². The maximum atomic E-state index is 11.9. The second-order valence-electron chi connectivity index (χ2n) is 5.24. The Balaban J connectivity index is 1.59. The Kier molecular flexibility index (Phi) is 4.67. The summed E-state index contributed by atoms with van der Waals surface area (Å²) in [6.07, 6.45) is 0. The summed E-state index contributed by atoms with van der Waals surface area (Å²) in [6.45, 7) is 2.02. The van der Waals surface area contributed by atoms with Gasteiger partial charge in [0.25, 0.3) is 0 Å². The number of nitrogens with one attached hydrogen (secondary N) is 3. The zero-order chi connectivity index (χ0) is 16.8. The van der Waals surface area contributed by atoms with Crippen LogP contribution in [0.15, 0.2) is 66.7 Å². The van der Waals surface area contributed by atoms with E-state index in [0.29, 0.717) is 17.3 Å². The average Bonchev–Trinajstić information content (AvgIpc) is 2.57. The Labute approximate surface area is 139 Å². The molecular weight excluding hydrogens is 302 g/mol. The Morgan fingerprint density at radius 1 is 0.792 bits per heavy atom. The van der Waals surface area contributed by atoms with Crippen molar-refractivity contribution in [3.05, 3.63) is 72.3 Å². The van der Waals surface area contributed by atoms with Crippen LogP contribution in [0.4, 0.5) is 27.8 Å². The molecule has 1 heterocycles. The summed E-state index contributed by atoms with van der Waals surface area (Å²) in [7, 11) is 0. The van der Waals surface area contributed by atoms with Gasteiger partial charge in [0.05, 0.1) is 0 Å². The lowest BCUT2D eigenvalue weighted by Gasteiger charge is -2.08. The summed E-state index contributed by atoms with van der Waals surface area (Å²) in [5, 5.41) is 16.6. The molecule has 6 nitrogen and oxygen atoms in total. The van der Waals surface area contributed by atoms with Gasteiger partial charge in [-0.1, -0.05) is 30.3 Å². The standard InChI is InChI=1S/C18H17N5O/c1-13-6-5-9-15(12-13)19-16-10-11-17(23-22-16)21-18(24)20-14-7-3-2-4-8-14/h2-12H,1H3,(H,19,22)(H2,20,21,23,24). The second kappa shape index (κ2) is 7.23. The SMILES string of the molecule is Cc1cccc(Nc2ccc(NC(=O)Nc3ccccc3)nn2)c1. The fourth-order valence-corrected chi connectivity index (χ4v) is 2.14. The maximum absolute atomic E-state index is 11.9. The van der Waals surface area contributed by atoms with Gasteiger partial charge in [0.15, 0.2) is 11.6 Å². The number of nitrogens with zero attached hydrogens (tertiary/aromatic N) is 2. The van der Waals surface area contributed by atoms with E-state index in [1.54, 1.807) is 24.3 Å². The minimum atomic E-state index is -0.366. The van der Waals surface area contributed by atoms with E-state index < -0.39 is 0 Å². The van der Waals surface area contributed by atoms with Gasteiger partial charge in [-0.15, -0.1) is 10.2 Å². The molecule has 0 fully saturated rings. The monoisotopic (exact) mass is 319 g/mol. The van der Waals surface area contributed by atoms with Crippen LogP contribution in [0.3, 0.4) is 0 Å². The minimum Gasteiger partial charge on any atom is -0.339 e. The highest BCUT2D eigenvalue weighted by molar-refractivity contribution is 5.99. The van der Waals surface area contributed by atoms with Crippen LogP contribution in [0, 0.1) is 6.92 Å². The van der Waals surface area contributed by atoms with Crippen LogP contribution in [-0.4, -0.2) is 16.2 Å². The number of para-hydroxylation sites is 1. The van der Waals surface area contributed by atoms with E-state index in [1.807, 2.05) is 49.4 Å². The third-order valence-corrected chi connectivity index (χ3v) is 3.23. The Morgan fingerprint density at radius 2 is 1.50 bits per heavy atom. The number of aromatic nitrogens is 2. The molecule has 24 heavy (non-hydrogen) atoms. The van der Waals surface area contributed by atoms with Crippen molar-refractivity contribution >= 4 is 29.0 Å². The molecule has 120 valence electrons. The van der Waals surface area contributed by atoms with E-state index in [9.17, 15) is 4.79 Å². The Bertz CT molecular complexity index is 818. The first kappa shape index (κ1) is 15.5. The van der Waals surface area contributed by atoms with Crippen LogP contribution in [0.5, 0.6) is 0 Å². The molecule has 0 bridgehead atoms. The van der Waals surface area contributed by atoms with Gasteiger partial charge in [0.2, 0.25) is 0 Å². The van der Waals surface area contributed by atoms with Crippen molar-refractivity contribution in [1.82, 2.24) is 10.2 Å². The molecule has 3 N–H and O–H groups in total. The number of benzene rings is 2. The lowest BCUT2D eigenvalue weighted by Crippen LogP contribution is -2.20. The number of amides is 2. The van der Waals surface area contributed by atoms with Crippen LogP contribution in [-0.2, 0) is 0 Å². The van der Waals surface area contributed by atoms with Gasteiger partial charge in [-0.25, -0.2) is 4.79 Å². The van der Waals surface area contributed by atoms with E-state index in [2.05, 4.69) is 26.1 Å². The third-order valence-electron chi connectivity index (χ3n) is 3.23. The number of urea groups is 1. The van der Waals surface area contributed by atoms with Gasteiger partial charge in [-0.3, -0.25) is 5.32 Å². The van der Waals surface area contributed by atoms with E-state index in [-0.39, 0.29) is 6.03 Å². The fraction of sp³-hybridized carbons (Fsp3) is 0.0556. The predicted molar refractivity (Wildman–Crippen MR) is 95.6 cm³/mol. The summed E-state index contributed by atoms with van der Waals surface area (Å²) in [5.74, 6) is 0.979. The molecule has 3 aromatic rings. The first-order chi connectivity index (χ1) is 11.7. The Morgan fingerprint density at radius 3 is 2.21 bits per heavy atom. The van der Waals surface area contributed by atoms with Crippen LogP contribution < -0.4 is 16.0 Å². The Hall–Kier alpha value is -3.41. The third kappa shape index (κ3) is 4.30. The van der Waals surface area contributed by atoms with Crippen molar-refractivity contribution in [2.24, 2.45) is 0 Å². The van der Waals surface area contributed by atoms with Crippen LogP contribution in [0.2, 0.25) is 0 Å². The largest absolute Gasteiger partial charge is 0.339 e. The molecule has 0 aliphatic heterocycles.